The van der Waals surface area contributed by atoms with Crippen LogP contribution in [0, 0.1) is 18.3 Å². The van der Waals surface area contributed by atoms with Crippen molar-refractivity contribution in [3.63, 3.8) is 0 Å². The number of carbonyl (C=O) groups excluding carboxylic acids is 2. The number of hydrogen-bond donors (Lipinski definition) is 1. The maximum Gasteiger partial charge on any atom is 0.377 e. The summed E-state index contributed by atoms with van der Waals surface area (Å²) in [6, 6.07) is 3.57. The minimum absolute atomic E-state index is 0.0527. The molecule has 0 saturated heterocycles. The van der Waals surface area contributed by atoms with Crippen LogP contribution in [0.3, 0.4) is 0 Å². The predicted molar refractivity (Wildman–Crippen MR) is 81.2 cm³/mol. The van der Waals surface area contributed by atoms with Gasteiger partial charge in [-0.25, -0.2) is 4.79 Å². The number of aryl methyl sites for hydroxylation is 2. The summed E-state index contributed by atoms with van der Waals surface area (Å²) in [7, 11) is 0. The summed E-state index contributed by atoms with van der Waals surface area (Å²) < 4.78 is 9.62. The molecule has 8 heteroatoms. The summed E-state index contributed by atoms with van der Waals surface area (Å²) in [6.07, 6.45) is 2.84. The van der Waals surface area contributed by atoms with Gasteiger partial charge in [-0.2, -0.15) is 5.26 Å². The van der Waals surface area contributed by atoms with E-state index in [9.17, 15) is 14.9 Å². The maximum atomic E-state index is 11.9. The molecule has 0 radical (unpaired) electrons. The van der Waals surface area contributed by atoms with Crippen molar-refractivity contribution in [1.82, 2.24) is 5.16 Å². The Kier molecular flexibility index (Phi) is 4.12. The lowest BCUT2D eigenvalue weighted by atomic mass is 10.1. The second-order valence-electron chi connectivity index (χ2n) is 5.13. The monoisotopic (exact) mass is 331 g/mol. The van der Waals surface area contributed by atoms with Gasteiger partial charge in [0.25, 0.3) is 5.91 Å². The van der Waals surface area contributed by atoms with Crippen LogP contribution < -0.4 is 5.32 Å². The number of amides is 1. The Balaban J connectivity index is 1.60. The SMILES string of the molecule is Cc1cc(C(=O)OCC(=O)Nc2sc3c(c2C#N)CCC3)on1. The normalized spacial score (nSPS) is 12.5. The van der Waals surface area contributed by atoms with E-state index in [0.717, 1.165) is 29.7 Å². The molecule has 2 aromatic rings. The molecule has 0 unspecified atom stereocenters. The highest BCUT2D eigenvalue weighted by Gasteiger charge is 2.23. The summed E-state index contributed by atoms with van der Waals surface area (Å²) >= 11 is 1.41. The standard InChI is InChI=1S/C15H13N3O4S/c1-8-5-11(22-18-8)15(20)21-7-13(19)17-14-10(6-16)9-3-2-4-12(9)23-14/h5H,2-4,7H2,1H3,(H,17,19). The van der Waals surface area contributed by atoms with E-state index in [1.165, 1.54) is 17.4 Å². The van der Waals surface area contributed by atoms with Gasteiger partial charge in [-0.1, -0.05) is 5.16 Å². The number of rotatable bonds is 4. The number of fused-ring (bicyclic) bond motifs is 1. The van der Waals surface area contributed by atoms with E-state index in [1.54, 1.807) is 6.92 Å². The van der Waals surface area contributed by atoms with Gasteiger partial charge in [0.1, 0.15) is 11.1 Å². The molecule has 1 amide bonds. The molecule has 0 atom stereocenters. The molecular weight excluding hydrogens is 318 g/mol. The third-order valence-electron chi connectivity index (χ3n) is 3.45. The van der Waals surface area contributed by atoms with Gasteiger partial charge in [-0.3, -0.25) is 4.79 Å². The van der Waals surface area contributed by atoms with Crippen molar-refractivity contribution >= 4 is 28.2 Å². The third-order valence-corrected chi connectivity index (χ3v) is 4.66. The molecule has 1 aliphatic carbocycles. The first-order valence-corrected chi connectivity index (χ1v) is 7.85. The fourth-order valence-corrected chi connectivity index (χ4v) is 3.69. The number of nitriles is 1. The second-order valence-corrected chi connectivity index (χ2v) is 6.24. The number of ether oxygens (including phenoxy) is 1. The number of anilines is 1. The topological polar surface area (TPSA) is 105 Å². The third kappa shape index (κ3) is 3.10. The van der Waals surface area contributed by atoms with Crippen molar-refractivity contribution in [2.24, 2.45) is 0 Å². The van der Waals surface area contributed by atoms with Crippen molar-refractivity contribution in [2.45, 2.75) is 26.2 Å². The number of aromatic nitrogens is 1. The van der Waals surface area contributed by atoms with Crippen LogP contribution in [0.1, 0.15) is 38.7 Å². The Morgan fingerprint density at radius 3 is 3.04 bits per heavy atom. The molecule has 0 aliphatic heterocycles. The average Bonchev–Trinajstić information content (AvgIpc) is 3.20. The highest BCUT2D eigenvalue weighted by atomic mass is 32.1. The van der Waals surface area contributed by atoms with Gasteiger partial charge in [0.15, 0.2) is 6.61 Å². The summed E-state index contributed by atoms with van der Waals surface area (Å²) in [5, 5.41) is 16.0. The van der Waals surface area contributed by atoms with Crippen LogP contribution in [0.2, 0.25) is 0 Å². The molecule has 0 spiro atoms. The lowest BCUT2D eigenvalue weighted by molar-refractivity contribution is -0.119. The summed E-state index contributed by atoms with van der Waals surface area (Å²) in [5.74, 6) is -1.30. The second kappa shape index (κ2) is 6.22. The largest absolute Gasteiger partial charge is 0.450 e. The van der Waals surface area contributed by atoms with E-state index in [2.05, 4.69) is 16.5 Å². The fraction of sp³-hybridized carbons (Fsp3) is 0.333. The summed E-state index contributed by atoms with van der Waals surface area (Å²) in [4.78, 5) is 24.7. The van der Waals surface area contributed by atoms with Gasteiger partial charge in [-0.15, -0.1) is 11.3 Å². The van der Waals surface area contributed by atoms with Crippen LogP contribution in [0.5, 0.6) is 0 Å². The quantitative estimate of drug-likeness (QED) is 0.861. The zero-order chi connectivity index (χ0) is 16.4. The minimum atomic E-state index is -0.755. The molecular formula is C15H13N3O4S. The Bertz CT molecular complexity index is 815. The van der Waals surface area contributed by atoms with Crippen molar-refractivity contribution in [3.8, 4) is 6.07 Å². The zero-order valence-corrected chi connectivity index (χ0v) is 13.2. The van der Waals surface area contributed by atoms with Crippen LogP contribution in [-0.4, -0.2) is 23.6 Å². The van der Waals surface area contributed by atoms with E-state index in [1.807, 2.05) is 0 Å². The summed E-state index contributed by atoms with van der Waals surface area (Å²) in [5.41, 5.74) is 2.10. The fourth-order valence-electron chi connectivity index (χ4n) is 2.44. The molecule has 3 rings (SSSR count). The molecule has 0 fully saturated rings. The number of nitrogens with one attached hydrogen (secondary N) is 1. The lowest BCUT2D eigenvalue weighted by Crippen LogP contribution is -2.20. The van der Waals surface area contributed by atoms with Gasteiger partial charge in [0.2, 0.25) is 5.76 Å². The summed E-state index contributed by atoms with van der Waals surface area (Å²) in [6.45, 7) is 1.22. The van der Waals surface area contributed by atoms with Gasteiger partial charge in [0.05, 0.1) is 11.3 Å². The van der Waals surface area contributed by atoms with Crippen LogP contribution in [0.4, 0.5) is 5.00 Å². The van der Waals surface area contributed by atoms with E-state index in [-0.39, 0.29) is 5.76 Å². The number of carbonyl (C=O) groups is 2. The first-order valence-electron chi connectivity index (χ1n) is 7.03. The van der Waals surface area contributed by atoms with Gasteiger partial charge >= 0.3 is 5.97 Å². The number of nitrogens with zero attached hydrogens (tertiary/aromatic N) is 2. The van der Waals surface area contributed by atoms with Crippen LogP contribution in [0.25, 0.3) is 0 Å². The van der Waals surface area contributed by atoms with Crippen molar-refractivity contribution in [2.75, 3.05) is 11.9 Å². The average molecular weight is 331 g/mol. The Morgan fingerprint density at radius 1 is 1.52 bits per heavy atom. The van der Waals surface area contributed by atoms with Crippen LogP contribution >= 0.6 is 11.3 Å². The van der Waals surface area contributed by atoms with Gasteiger partial charge in [-0.05, 0) is 31.7 Å². The van der Waals surface area contributed by atoms with Gasteiger partial charge in [0, 0.05) is 10.9 Å². The molecule has 118 valence electrons. The van der Waals surface area contributed by atoms with Crippen molar-refractivity contribution < 1.29 is 18.8 Å². The highest BCUT2D eigenvalue weighted by Crippen LogP contribution is 2.38. The molecule has 2 aromatic heterocycles. The molecule has 0 aromatic carbocycles. The predicted octanol–water partition coefficient (Wildman–Crippen LogP) is 2.20. The van der Waals surface area contributed by atoms with Crippen LogP contribution in [-0.2, 0) is 22.4 Å². The minimum Gasteiger partial charge on any atom is -0.450 e. The first kappa shape index (κ1) is 15.2. The number of thiophene rings is 1. The van der Waals surface area contributed by atoms with E-state index in [0.29, 0.717) is 16.3 Å². The first-order chi connectivity index (χ1) is 11.1. The molecule has 1 aliphatic rings. The molecule has 23 heavy (non-hydrogen) atoms. The van der Waals surface area contributed by atoms with Crippen LogP contribution in [0.15, 0.2) is 10.6 Å². The Labute approximate surface area is 135 Å². The van der Waals surface area contributed by atoms with Gasteiger partial charge < -0.3 is 14.6 Å². The van der Waals surface area contributed by atoms with Crippen molar-refractivity contribution in [1.29, 1.82) is 5.26 Å². The molecule has 7 nitrogen and oxygen atoms in total. The molecule has 1 N–H and O–H groups in total. The molecule has 2 heterocycles. The zero-order valence-electron chi connectivity index (χ0n) is 12.3. The number of esters is 1. The van der Waals surface area contributed by atoms with E-state index < -0.39 is 18.5 Å². The molecule has 0 bridgehead atoms. The van der Waals surface area contributed by atoms with E-state index in [4.69, 9.17) is 9.26 Å². The molecule has 0 saturated carbocycles. The van der Waals surface area contributed by atoms with E-state index >= 15 is 0 Å². The number of hydrogen-bond acceptors (Lipinski definition) is 7. The maximum absolute atomic E-state index is 11.9. The lowest BCUT2D eigenvalue weighted by Gasteiger charge is -2.04. The Morgan fingerprint density at radius 2 is 2.35 bits per heavy atom. The Hall–Kier alpha value is -2.66. The van der Waals surface area contributed by atoms with Crippen molar-refractivity contribution in [3.05, 3.63) is 33.5 Å². The highest BCUT2D eigenvalue weighted by molar-refractivity contribution is 7.16. The smallest absolute Gasteiger partial charge is 0.377 e.